The summed E-state index contributed by atoms with van der Waals surface area (Å²) in [7, 11) is 0. The lowest BCUT2D eigenvalue weighted by Crippen LogP contribution is -2.36. The SMILES string of the molecule is CC(C)n1cnn(CN2CCCC(c3nc(-c4ccc(F)cc4)no3)C2)c1=S. The molecule has 0 amide bonds. The third-order valence-corrected chi connectivity index (χ3v) is 5.47. The molecule has 3 heterocycles. The summed E-state index contributed by atoms with van der Waals surface area (Å²) in [5.41, 5.74) is 0.745. The van der Waals surface area contributed by atoms with Crippen LogP contribution >= 0.6 is 12.2 Å². The molecule has 28 heavy (non-hydrogen) atoms. The van der Waals surface area contributed by atoms with Crippen molar-refractivity contribution in [2.24, 2.45) is 0 Å². The Hall–Kier alpha value is -2.39. The zero-order valence-electron chi connectivity index (χ0n) is 16.0. The molecule has 0 N–H and O–H groups in total. The second-order valence-electron chi connectivity index (χ2n) is 7.43. The van der Waals surface area contributed by atoms with E-state index in [1.165, 1.54) is 12.1 Å². The van der Waals surface area contributed by atoms with Crippen molar-refractivity contribution >= 4 is 12.2 Å². The second kappa shape index (κ2) is 7.92. The summed E-state index contributed by atoms with van der Waals surface area (Å²) in [6.07, 6.45) is 3.83. The number of rotatable bonds is 5. The largest absolute Gasteiger partial charge is 0.339 e. The van der Waals surface area contributed by atoms with E-state index >= 15 is 0 Å². The Morgan fingerprint density at radius 3 is 2.79 bits per heavy atom. The van der Waals surface area contributed by atoms with E-state index in [2.05, 4.69) is 34.0 Å². The molecule has 3 aromatic rings. The Morgan fingerprint density at radius 2 is 2.07 bits per heavy atom. The lowest BCUT2D eigenvalue weighted by Gasteiger charge is -2.30. The third-order valence-electron chi connectivity index (χ3n) is 5.05. The molecule has 1 aromatic carbocycles. The number of hydrogen-bond donors (Lipinski definition) is 0. The molecule has 0 bridgehead atoms. The number of hydrogen-bond acceptors (Lipinski definition) is 6. The molecule has 148 valence electrons. The predicted octanol–water partition coefficient (Wildman–Crippen LogP) is 4.02. The van der Waals surface area contributed by atoms with E-state index in [0.717, 1.165) is 36.3 Å². The summed E-state index contributed by atoms with van der Waals surface area (Å²) < 4.78 is 23.2. The molecule has 9 heteroatoms. The number of halogens is 1. The van der Waals surface area contributed by atoms with E-state index in [4.69, 9.17) is 16.7 Å². The van der Waals surface area contributed by atoms with Crippen LogP contribution in [0.1, 0.15) is 44.5 Å². The molecule has 0 spiro atoms. The average molecular weight is 402 g/mol. The van der Waals surface area contributed by atoms with Crippen LogP contribution in [-0.4, -0.2) is 42.5 Å². The molecule has 1 aliphatic heterocycles. The molecule has 1 atom stereocenters. The van der Waals surface area contributed by atoms with Gasteiger partial charge in [-0.25, -0.2) is 9.07 Å². The summed E-state index contributed by atoms with van der Waals surface area (Å²) in [4.78, 5) is 6.86. The Kier molecular flexibility index (Phi) is 5.36. The number of benzene rings is 1. The van der Waals surface area contributed by atoms with Gasteiger partial charge in [-0.05, 0) is 69.7 Å². The number of nitrogens with zero attached hydrogens (tertiary/aromatic N) is 6. The maximum absolute atomic E-state index is 13.1. The minimum Gasteiger partial charge on any atom is -0.339 e. The minimum absolute atomic E-state index is 0.164. The van der Waals surface area contributed by atoms with Gasteiger partial charge in [-0.1, -0.05) is 5.16 Å². The first kappa shape index (κ1) is 18.9. The van der Waals surface area contributed by atoms with Crippen molar-refractivity contribution in [3.05, 3.63) is 47.1 Å². The fraction of sp³-hybridized carbons (Fsp3) is 0.474. The average Bonchev–Trinajstić information content (AvgIpc) is 3.31. The van der Waals surface area contributed by atoms with E-state index < -0.39 is 0 Å². The van der Waals surface area contributed by atoms with Crippen LogP contribution in [0, 0.1) is 10.6 Å². The number of likely N-dealkylation sites (tertiary alicyclic amines) is 1. The van der Waals surface area contributed by atoms with Gasteiger partial charge in [0.1, 0.15) is 12.1 Å². The molecule has 0 radical (unpaired) electrons. The standard InChI is InChI=1S/C19H23FN6OS/c1-13(2)25-11-21-26(19(25)28)12-24-9-3-4-15(10-24)18-22-17(23-27-18)14-5-7-16(20)8-6-14/h5-8,11,13,15H,3-4,9-10,12H2,1-2H3. The van der Waals surface area contributed by atoms with Crippen LogP contribution < -0.4 is 0 Å². The molecular formula is C19H23FN6OS. The highest BCUT2D eigenvalue weighted by atomic mass is 32.1. The van der Waals surface area contributed by atoms with Gasteiger partial charge < -0.3 is 9.09 Å². The normalized spacial score (nSPS) is 18.1. The summed E-state index contributed by atoms with van der Waals surface area (Å²) >= 11 is 5.53. The molecule has 4 rings (SSSR count). The topological polar surface area (TPSA) is 64.9 Å². The molecule has 1 aliphatic rings. The number of piperidine rings is 1. The van der Waals surface area contributed by atoms with Gasteiger partial charge in [0, 0.05) is 18.2 Å². The van der Waals surface area contributed by atoms with Gasteiger partial charge in [0.05, 0.1) is 12.6 Å². The Balaban J connectivity index is 1.46. The van der Waals surface area contributed by atoms with Gasteiger partial charge in [0.15, 0.2) is 4.77 Å². The second-order valence-corrected chi connectivity index (χ2v) is 7.80. The van der Waals surface area contributed by atoms with Crippen LogP contribution in [0.4, 0.5) is 4.39 Å². The van der Waals surface area contributed by atoms with Crippen LogP contribution in [0.15, 0.2) is 35.1 Å². The zero-order valence-corrected chi connectivity index (χ0v) is 16.8. The van der Waals surface area contributed by atoms with Crippen molar-refractivity contribution in [3.8, 4) is 11.4 Å². The van der Waals surface area contributed by atoms with E-state index in [9.17, 15) is 4.39 Å². The van der Waals surface area contributed by atoms with Gasteiger partial charge in [-0.3, -0.25) is 4.90 Å². The van der Waals surface area contributed by atoms with Crippen molar-refractivity contribution in [2.75, 3.05) is 13.1 Å². The van der Waals surface area contributed by atoms with Gasteiger partial charge in [0.25, 0.3) is 0 Å². The van der Waals surface area contributed by atoms with Gasteiger partial charge in [0.2, 0.25) is 11.7 Å². The van der Waals surface area contributed by atoms with E-state index in [-0.39, 0.29) is 11.7 Å². The molecule has 1 saturated heterocycles. The van der Waals surface area contributed by atoms with Crippen molar-refractivity contribution in [3.63, 3.8) is 0 Å². The maximum Gasteiger partial charge on any atom is 0.231 e. The maximum atomic E-state index is 13.1. The summed E-state index contributed by atoms with van der Waals surface area (Å²) in [6, 6.07) is 6.40. The monoisotopic (exact) mass is 402 g/mol. The van der Waals surface area contributed by atoms with Crippen molar-refractivity contribution in [2.45, 2.75) is 45.3 Å². The fourth-order valence-corrected chi connectivity index (χ4v) is 3.86. The predicted molar refractivity (Wildman–Crippen MR) is 105 cm³/mol. The third kappa shape index (κ3) is 3.90. The molecule has 1 fully saturated rings. The molecule has 1 unspecified atom stereocenters. The smallest absolute Gasteiger partial charge is 0.231 e. The quantitative estimate of drug-likeness (QED) is 0.601. The highest BCUT2D eigenvalue weighted by Gasteiger charge is 2.26. The van der Waals surface area contributed by atoms with Crippen LogP contribution in [0.25, 0.3) is 11.4 Å². The number of aromatic nitrogens is 5. The van der Waals surface area contributed by atoms with Gasteiger partial charge in [-0.2, -0.15) is 10.1 Å². The minimum atomic E-state index is -0.283. The lowest BCUT2D eigenvalue weighted by molar-refractivity contribution is 0.143. The summed E-state index contributed by atoms with van der Waals surface area (Å²) in [5, 5.41) is 8.50. The summed E-state index contributed by atoms with van der Waals surface area (Å²) in [5.74, 6) is 0.996. The molecular weight excluding hydrogens is 379 g/mol. The Morgan fingerprint density at radius 1 is 1.29 bits per heavy atom. The molecule has 2 aromatic heterocycles. The van der Waals surface area contributed by atoms with Crippen molar-refractivity contribution < 1.29 is 8.91 Å². The van der Waals surface area contributed by atoms with E-state index in [1.54, 1.807) is 18.5 Å². The first-order chi connectivity index (χ1) is 13.5. The van der Waals surface area contributed by atoms with Crippen molar-refractivity contribution in [1.82, 2.24) is 29.4 Å². The van der Waals surface area contributed by atoms with Gasteiger partial charge in [-0.15, -0.1) is 0 Å². The lowest BCUT2D eigenvalue weighted by atomic mass is 9.98. The highest BCUT2D eigenvalue weighted by Crippen LogP contribution is 2.28. The van der Waals surface area contributed by atoms with Crippen LogP contribution in [0.3, 0.4) is 0 Å². The first-order valence-electron chi connectivity index (χ1n) is 9.47. The van der Waals surface area contributed by atoms with Crippen molar-refractivity contribution in [1.29, 1.82) is 0 Å². The highest BCUT2D eigenvalue weighted by molar-refractivity contribution is 7.71. The Bertz CT molecular complexity index is 993. The van der Waals surface area contributed by atoms with Crippen LogP contribution in [0.2, 0.25) is 0 Å². The van der Waals surface area contributed by atoms with E-state index in [1.807, 2.05) is 9.25 Å². The molecule has 7 nitrogen and oxygen atoms in total. The van der Waals surface area contributed by atoms with Gasteiger partial charge >= 0.3 is 0 Å². The molecule has 0 aliphatic carbocycles. The first-order valence-corrected chi connectivity index (χ1v) is 9.88. The fourth-order valence-electron chi connectivity index (χ4n) is 3.49. The summed E-state index contributed by atoms with van der Waals surface area (Å²) in [6.45, 7) is 6.61. The van der Waals surface area contributed by atoms with E-state index in [0.29, 0.717) is 24.4 Å². The van der Waals surface area contributed by atoms with Crippen LogP contribution in [-0.2, 0) is 6.67 Å². The Labute approximate surface area is 167 Å². The van der Waals surface area contributed by atoms with Crippen LogP contribution in [0.5, 0.6) is 0 Å². The zero-order chi connectivity index (χ0) is 19.7. The molecule has 0 saturated carbocycles.